The van der Waals surface area contributed by atoms with Gasteiger partial charge in [-0.05, 0) is 28.1 Å². The van der Waals surface area contributed by atoms with Crippen LogP contribution in [0.15, 0.2) is 29.0 Å². The van der Waals surface area contributed by atoms with Crippen molar-refractivity contribution >= 4 is 63.3 Å². The van der Waals surface area contributed by atoms with Crippen molar-refractivity contribution in [3.63, 3.8) is 0 Å². The standard InChI is InChI=1S/C12H8BrIN4O2S/c1-20-12(19)9-2-6(5-18(9)21-14)10-8-3-7(13)4-15-11(8)17-16-10/h2-5H,1H3,(H,15,16,17). The zero-order chi connectivity index (χ0) is 15.0. The van der Waals surface area contributed by atoms with Gasteiger partial charge in [0.15, 0.2) is 5.65 Å². The van der Waals surface area contributed by atoms with E-state index >= 15 is 0 Å². The predicted molar refractivity (Wildman–Crippen MR) is 93.4 cm³/mol. The van der Waals surface area contributed by atoms with Gasteiger partial charge in [-0.25, -0.2) is 9.78 Å². The summed E-state index contributed by atoms with van der Waals surface area (Å²) in [4.78, 5) is 16.0. The minimum Gasteiger partial charge on any atom is -0.464 e. The van der Waals surface area contributed by atoms with Gasteiger partial charge in [0.2, 0.25) is 0 Å². The Morgan fingerprint density at radius 2 is 2.33 bits per heavy atom. The SMILES string of the molecule is COC(=O)c1cc(-c2[nH]nc3ncc(Br)cc23)cn1SI. The van der Waals surface area contributed by atoms with Gasteiger partial charge in [-0.15, -0.1) is 0 Å². The molecule has 0 atom stereocenters. The monoisotopic (exact) mass is 478 g/mol. The average molecular weight is 479 g/mol. The van der Waals surface area contributed by atoms with Crippen molar-refractivity contribution in [2.45, 2.75) is 0 Å². The van der Waals surface area contributed by atoms with Crippen molar-refractivity contribution in [3.05, 3.63) is 34.7 Å². The number of hydrogen-bond donors (Lipinski definition) is 1. The maximum atomic E-state index is 11.8. The summed E-state index contributed by atoms with van der Waals surface area (Å²) in [5, 5.41) is 8.03. The first-order valence-electron chi connectivity index (χ1n) is 5.74. The summed E-state index contributed by atoms with van der Waals surface area (Å²) in [6.07, 6.45) is 3.55. The van der Waals surface area contributed by atoms with Crippen LogP contribution in [0.4, 0.5) is 0 Å². The van der Waals surface area contributed by atoms with Crippen LogP contribution in [0.2, 0.25) is 0 Å². The third-order valence-corrected chi connectivity index (χ3v) is 5.08. The fraction of sp³-hybridized carbons (Fsp3) is 0.0833. The van der Waals surface area contributed by atoms with Crippen LogP contribution in [0.5, 0.6) is 0 Å². The Morgan fingerprint density at radius 1 is 1.52 bits per heavy atom. The van der Waals surface area contributed by atoms with E-state index in [2.05, 4.69) is 52.3 Å². The summed E-state index contributed by atoms with van der Waals surface area (Å²) >= 11 is 5.51. The molecule has 3 rings (SSSR count). The Morgan fingerprint density at radius 3 is 3.05 bits per heavy atom. The van der Waals surface area contributed by atoms with Crippen molar-refractivity contribution in [1.82, 2.24) is 19.2 Å². The largest absolute Gasteiger partial charge is 0.464 e. The molecule has 21 heavy (non-hydrogen) atoms. The van der Waals surface area contributed by atoms with Crippen LogP contribution in [0.3, 0.4) is 0 Å². The molecule has 0 spiro atoms. The molecule has 0 aliphatic heterocycles. The predicted octanol–water partition coefficient (Wildman–Crippen LogP) is 3.82. The molecule has 0 saturated carbocycles. The first-order chi connectivity index (χ1) is 10.1. The van der Waals surface area contributed by atoms with E-state index in [1.54, 1.807) is 16.2 Å². The van der Waals surface area contributed by atoms with E-state index in [0.717, 1.165) is 21.1 Å². The molecule has 3 aromatic heterocycles. The number of carbonyl (C=O) groups excluding carboxylic acids is 1. The molecule has 1 N–H and O–H groups in total. The quantitative estimate of drug-likeness (QED) is 0.457. The molecule has 3 aromatic rings. The third-order valence-electron chi connectivity index (χ3n) is 2.92. The van der Waals surface area contributed by atoms with Crippen molar-refractivity contribution < 1.29 is 9.53 Å². The highest BCUT2D eigenvalue weighted by Crippen LogP contribution is 2.31. The molecule has 0 aromatic carbocycles. The Balaban J connectivity index is 2.17. The molecule has 0 aliphatic rings. The van der Waals surface area contributed by atoms with Crippen LogP contribution in [0.1, 0.15) is 10.5 Å². The fourth-order valence-corrected chi connectivity index (χ4v) is 3.65. The molecule has 0 radical (unpaired) electrons. The lowest BCUT2D eigenvalue weighted by molar-refractivity contribution is 0.0593. The minimum atomic E-state index is -0.381. The molecule has 0 amide bonds. The lowest BCUT2D eigenvalue weighted by Crippen LogP contribution is -2.04. The number of esters is 1. The lowest BCUT2D eigenvalue weighted by Gasteiger charge is -2.00. The van der Waals surface area contributed by atoms with Crippen molar-refractivity contribution in [3.8, 4) is 11.3 Å². The number of aromatic nitrogens is 4. The molecule has 6 nitrogen and oxygen atoms in total. The van der Waals surface area contributed by atoms with Gasteiger partial charge in [0.1, 0.15) is 5.69 Å². The second kappa shape index (κ2) is 5.97. The van der Waals surface area contributed by atoms with Crippen LogP contribution in [0.25, 0.3) is 22.3 Å². The highest BCUT2D eigenvalue weighted by Gasteiger charge is 2.18. The maximum absolute atomic E-state index is 11.8. The molecule has 0 bridgehead atoms. The van der Waals surface area contributed by atoms with Crippen LogP contribution in [0, 0.1) is 0 Å². The van der Waals surface area contributed by atoms with E-state index in [1.807, 2.05) is 12.3 Å². The summed E-state index contributed by atoms with van der Waals surface area (Å²) < 4.78 is 7.41. The second-order valence-electron chi connectivity index (χ2n) is 4.12. The number of carbonyl (C=O) groups is 1. The Kier molecular flexibility index (Phi) is 4.22. The molecule has 9 heteroatoms. The van der Waals surface area contributed by atoms with Gasteiger partial charge >= 0.3 is 5.97 Å². The zero-order valence-corrected chi connectivity index (χ0v) is 15.2. The Bertz CT molecular complexity index is 832. The molecule has 108 valence electrons. The van der Waals surface area contributed by atoms with Gasteiger partial charge in [-0.1, -0.05) is 0 Å². The maximum Gasteiger partial charge on any atom is 0.355 e. The summed E-state index contributed by atoms with van der Waals surface area (Å²) in [5.74, 6) is -0.381. The number of ether oxygens (including phenoxy) is 1. The van der Waals surface area contributed by atoms with E-state index in [9.17, 15) is 4.79 Å². The van der Waals surface area contributed by atoms with Gasteiger partial charge < -0.3 is 4.74 Å². The molecule has 0 fully saturated rings. The number of hydrogen-bond acceptors (Lipinski definition) is 5. The van der Waals surface area contributed by atoms with Gasteiger partial charge in [-0.2, -0.15) is 5.10 Å². The van der Waals surface area contributed by atoms with Crippen LogP contribution in [-0.4, -0.2) is 32.2 Å². The highest BCUT2D eigenvalue weighted by atomic mass is 127. The summed E-state index contributed by atoms with van der Waals surface area (Å²) in [6, 6.07) is 3.71. The molecule has 0 saturated heterocycles. The fourth-order valence-electron chi connectivity index (χ4n) is 1.99. The number of nitrogens with zero attached hydrogens (tertiary/aromatic N) is 3. The molecule has 0 aliphatic carbocycles. The van der Waals surface area contributed by atoms with Crippen molar-refractivity contribution in [1.29, 1.82) is 0 Å². The normalized spacial score (nSPS) is 11.0. The van der Waals surface area contributed by atoms with Crippen molar-refractivity contribution in [2.75, 3.05) is 7.11 Å². The molecule has 0 unspecified atom stereocenters. The zero-order valence-electron chi connectivity index (χ0n) is 10.6. The number of fused-ring (bicyclic) bond motifs is 1. The molecule has 3 heterocycles. The summed E-state index contributed by atoms with van der Waals surface area (Å²) in [6.45, 7) is 0. The first-order valence-corrected chi connectivity index (χ1v) is 9.84. The molecular formula is C12H8BrIN4O2S. The summed E-state index contributed by atoms with van der Waals surface area (Å²) in [7, 11) is 2.76. The smallest absolute Gasteiger partial charge is 0.355 e. The van der Waals surface area contributed by atoms with E-state index in [1.165, 1.54) is 16.2 Å². The number of pyridine rings is 1. The topological polar surface area (TPSA) is 72.8 Å². The van der Waals surface area contributed by atoms with E-state index in [-0.39, 0.29) is 5.97 Å². The van der Waals surface area contributed by atoms with Gasteiger partial charge in [0.25, 0.3) is 0 Å². The van der Waals surface area contributed by atoms with E-state index in [0.29, 0.717) is 11.3 Å². The van der Waals surface area contributed by atoms with E-state index < -0.39 is 0 Å². The van der Waals surface area contributed by atoms with Crippen LogP contribution >= 0.6 is 46.3 Å². The number of aromatic amines is 1. The summed E-state index contributed by atoms with van der Waals surface area (Å²) in [5.41, 5.74) is 2.76. The lowest BCUT2D eigenvalue weighted by atomic mass is 10.1. The van der Waals surface area contributed by atoms with Gasteiger partial charge in [0.05, 0.1) is 12.8 Å². The third kappa shape index (κ3) is 2.69. The second-order valence-corrected chi connectivity index (χ2v) is 6.75. The number of halogens is 2. The first kappa shape index (κ1) is 14.9. The molecular weight excluding hydrogens is 471 g/mol. The Labute approximate surface area is 144 Å². The van der Waals surface area contributed by atoms with Gasteiger partial charge in [0, 0.05) is 58.1 Å². The minimum absolute atomic E-state index is 0.381. The van der Waals surface area contributed by atoms with Crippen LogP contribution in [-0.2, 0) is 4.74 Å². The number of H-pyrrole nitrogens is 1. The van der Waals surface area contributed by atoms with Gasteiger partial charge in [-0.3, -0.25) is 9.07 Å². The number of methoxy groups -OCH3 is 1. The Hall–Kier alpha value is -1.07. The number of rotatable bonds is 3. The van der Waals surface area contributed by atoms with Crippen LogP contribution < -0.4 is 0 Å². The van der Waals surface area contributed by atoms with Crippen molar-refractivity contribution in [2.24, 2.45) is 0 Å². The average Bonchev–Trinajstić information content (AvgIpc) is 3.09. The van der Waals surface area contributed by atoms with E-state index in [4.69, 9.17) is 4.74 Å². The highest BCUT2D eigenvalue weighted by molar-refractivity contribution is 14.2. The number of nitrogens with one attached hydrogen (secondary N) is 1.